The summed E-state index contributed by atoms with van der Waals surface area (Å²) < 4.78 is 26.7. The normalized spacial score (nSPS) is 13.4. The molecular weight excluding hydrogens is 306 g/mol. The third-order valence-electron chi connectivity index (χ3n) is 2.46. The third kappa shape index (κ3) is 3.77. The molecule has 1 atom stereocenters. The van der Waals surface area contributed by atoms with E-state index in [0.717, 1.165) is 11.3 Å². The van der Waals surface area contributed by atoms with Crippen molar-refractivity contribution in [3.63, 3.8) is 0 Å². The number of rotatable bonds is 5. The van der Waals surface area contributed by atoms with E-state index in [-0.39, 0.29) is 10.8 Å². The summed E-state index contributed by atoms with van der Waals surface area (Å²) in [5.41, 5.74) is 0.661. The Kier molecular flexibility index (Phi) is 4.59. The molecule has 1 aromatic heterocycles. The fourth-order valence-electron chi connectivity index (χ4n) is 1.49. The van der Waals surface area contributed by atoms with Crippen LogP contribution in [0.1, 0.15) is 11.7 Å². The van der Waals surface area contributed by atoms with Crippen molar-refractivity contribution >= 4 is 33.0 Å². The van der Waals surface area contributed by atoms with E-state index in [1.807, 2.05) is 6.07 Å². The maximum absolute atomic E-state index is 11.9. The average molecular weight is 318 g/mol. The van der Waals surface area contributed by atoms with E-state index in [1.54, 1.807) is 24.3 Å². The van der Waals surface area contributed by atoms with Gasteiger partial charge in [-0.15, -0.1) is 11.3 Å². The number of hydrogen-bond acceptors (Lipinski definition) is 4. The van der Waals surface area contributed by atoms with Crippen molar-refractivity contribution in [3.05, 3.63) is 52.4 Å². The van der Waals surface area contributed by atoms with Crippen LogP contribution in [-0.4, -0.2) is 20.1 Å². The molecule has 2 rings (SSSR count). The maximum atomic E-state index is 11.9. The minimum Gasteiger partial charge on any atom is -0.387 e. The zero-order valence-electron chi connectivity index (χ0n) is 9.78. The maximum Gasteiger partial charge on any atom is 0.250 e. The van der Waals surface area contributed by atoms with Gasteiger partial charge in [-0.1, -0.05) is 41.9 Å². The van der Waals surface area contributed by atoms with Crippen LogP contribution in [0.4, 0.5) is 0 Å². The van der Waals surface area contributed by atoms with Gasteiger partial charge in [0, 0.05) is 6.54 Å². The van der Waals surface area contributed by atoms with E-state index in [2.05, 4.69) is 4.72 Å². The zero-order valence-corrected chi connectivity index (χ0v) is 12.2. The second-order valence-corrected chi connectivity index (χ2v) is 7.55. The zero-order chi connectivity index (χ0) is 13.9. The highest BCUT2D eigenvalue weighted by molar-refractivity contribution is 7.91. The lowest BCUT2D eigenvalue weighted by atomic mass is 10.1. The molecule has 0 radical (unpaired) electrons. The fourth-order valence-corrected chi connectivity index (χ4v) is 4.06. The van der Waals surface area contributed by atoms with Crippen LogP contribution in [0.15, 0.2) is 46.7 Å². The van der Waals surface area contributed by atoms with Gasteiger partial charge in [0.05, 0.1) is 10.4 Å². The Morgan fingerprint density at radius 2 is 1.89 bits per heavy atom. The van der Waals surface area contributed by atoms with Crippen molar-refractivity contribution in [1.29, 1.82) is 0 Å². The predicted octanol–water partition coefficient (Wildman–Crippen LogP) is 2.41. The van der Waals surface area contributed by atoms with Gasteiger partial charge in [0.1, 0.15) is 4.21 Å². The van der Waals surface area contributed by atoms with E-state index in [0.29, 0.717) is 9.90 Å². The summed E-state index contributed by atoms with van der Waals surface area (Å²) in [4.78, 5) is 0. The van der Waals surface area contributed by atoms with Crippen LogP contribution < -0.4 is 4.72 Å². The van der Waals surface area contributed by atoms with Crippen molar-refractivity contribution in [2.75, 3.05) is 6.54 Å². The van der Waals surface area contributed by atoms with Crippen molar-refractivity contribution in [1.82, 2.24) is 4.72 Å². The monoisotopic (exact) mass is 317 g/mol. The van der Waals surface area contributed by atoms with Crippen LogP contribution in [0.25, 0.3) is 0 Å². The number of benzene rings is 1. The Morgan fingerprint density at radius 1 is 1.21 bits per heavy atom. The van der Waals surface area contributed by atoms with Crippen LogP contribution >= 0.6 is 22.9 Å². The van der Waals surface area contributed by atoms with Crippen LogP contribution in [-0.2, 0) is 10.0 Å². The molecule has 4 nitrogen and oxygen atoms in total. The minimum atomic E-state index is -3.62. The quantitative estimate of drug-likeness (QED) is 0.890. The molecule has 2 aromatic rings. The van der Waals surface area contributed by atoms with Crippen LogP contribution in [0.5, 0.6) is 0 Å². The first-order valence-corrected chi connectivity index (χ1v) is 8.15. The number of thiophene rings is 1. The first kappa shape index (κ1) is 14.5. The summed E-state index contributed by atoms with van der Waals surface area (Å²) in [6.45, 7) is -0.0815. The van der Waals surface area contributed by atoms with E-state index in [4.69, 9.17) is 11.6 Å². The van der Waals surface area contributed by atoms with Gasteiger partial charge < -0.3 is 5.11 Å². The summed E-state index contributed by atoms with van der Waals surface area (Å²) in [6.07, 6.45) is -0.883. The van der Waals surface area contributed by atoms with Crippen molar-refractivity contribution in [2.45, 2.75) is 10.3 Å². The molecule has 1 aromatic carbocycles. The Bertz CT molecular complexity index is 640. The number of halogens is 1. The molecule has 0 spiro atoms. The molecule has 0 fully saturated rings. The molecule has 0 saturated heterocycles. The lowest BCUT2D eigenvalue weighted by Crippen LogP contribution is -2.27. The predicted molar refractivity (Wildman–Crippen MR) is 75.9 cm³/mol. The van der Waals surface area contributed by atoms with E-state index in [9.17, 15) is 13.5 Å². The number of nitrogens with one attached hydrogen (secondary N) is 1. The highest BCUT2D eigenvalue weighted by atomic mass is 35.5. The third-order valence-corrected chi connectivity index (χ3v) is 5.61. The molecule has 0 saturated carbocycles. The molecule has 0 amide bonds. The largest absolute Gasteiger partial charge is 0.387 e. The van der Waals surface area contributed by atoms with Crippen LogP contribution in [0.2, 0.25) is 4.34 Å². The van der Waals surface area contributed by atoms with E-state index < -0.39 is 16.1 Å². The summed E-state index contributed by atoms with van der Waals surface area (Å²) in [5.74, 6) is 0. The summed E-state index contributed by atoms with van der Waals surface area (Å²) in [7, 11) is -3.62. The summed E-state index contributed by atoms with van der Waals surface area (Å²) >= 11 is 6.68. The number of aliphatic hydroxyl groups is 1. The minimum absolute atomic E-state index is 0.0815. The molecule has 0 aliphatic rings. The molecule has 0 aliphatic heterocycles. The smallest absolute Gasteiger partial charge is 0.250 e. The Morgan fingerprint density at radius 3 is 2.47 bits per heavy atom. The Balaban J connectivity index is 2.03. The summed E-state index contributed by atoms with van der Waals surface area (Å²) in [5, 5.41) is 9.89. The lowest BCUT2D eigenvalue weighted by Gasteiger charge is -2.11. The first-order chi connectivity index (χ1) is 8.99. The van der Waals surface area contributed by atoms with Gasteiger partial charge in [0.2, 0.25) is 10.0 Å². The number of aliphatic hydroxyl groups excluding tert-OH is 1. The molecule has 0 unspecified atom stereocenters. The van der Waals surface area contributed by atoms with Gasteiger partial charge in [0.25, 0.3) is 0 Å². The van der Waals surface area contributed by atoms with Crippen LogP contribution in [0, 0.1) is 0 Å². The fraction of sp³-hybridized carbons (Fsp3) is 0.167. The van der Waals surface area contributed by atoms with E-state index in [1.165, 1.54) is 12.1 Å². The topological polar surface area (TPSA) is 66.4 Å². The van der Waals surface area contributed by atoms with Gasteiger partial charge in [-0.2, -0.15) is 0 Å². The molecule has 0 bridgehead atoms. The molecule has 1 heterocycles. The highest BCUT2D eigenvalue weighted by Crippen LogP contribution is 2.25. The van der Waals surface area contributed by atoms with Crippen molar-refractivity contribution < 1.29 is 13.5 Å². The Hall–Kier alpha value is -0.920. The lowest BCUT2D eigenvalue weighted by molar-refractivity contribution is 0.182. The second kappa shape index (κ2) is 6.02. The van der Waals surface area contributed by atoms with E-state index >= 15 is 0 Å². The molecule has 2 N–H and O–H groups in total. The number of hydrogen-bond donors (Lipinski definition) is 2. The second-order valence-electron chi connectivity index (χ2n) is 3.84. The first-order valence-electron chi connectivity index (χ1n) is 5.47. The van der Waals surface area contributed by atoms with Crippen molar-refractivity contribution in [3.8, 4) is 0 Å². The highest BCUT2D eigenvalue weighted by Gasteiger charge is 2.18. The molecule has 19 heavy (non-hydrogen) atoms. The van der Waals surface area contributed by atoms with Gasteiger partial charge in [-0.3, -0.25) is 0 Å². The SMILES string of the molecule is O=S(=O)(NC[C@H](O)c1ccccc1)c1ccc(Cl)s1. The van der Waals surface area contributed by atoms with Crippen LogP contribution in [0.3, 0.4) is 0 Å². The molecular formula is C12H12ClNO3S2. The molecule has 7 heteroatoms. The summed E-state index contributed by atoms with van der Waals surface area (Å²) in [6, 6.07) is 11.8. The molecule has 0 aliphatic carbocycles. The number of sulfonamides is 1. The van der Waals surface area contributed by atoms with Gasteiger partial charge in [-0.25, -0.2) is 13.1 Å². The molecule has 102 valence electrons. The standard InChI is InChI=1S/C12H12ClNO3S2/c13-11-6-7-12(18-11)19(16,17)14-8-10(15)9-4-2-1-3-5-9/h1-7,10,14-15H,8H2/t10-/m0/s1. The van der Waals surface area contributed by atoms with Crippen molar-refractivity contribution in [2.24, 2.45) is 0 Å². The average Bonchev–Trinajstić information content (AvgIpc) is 2.85. The van der Waals surface area contributed by atoms with Gasteiger partial charge in [0.15, 0.2) is 0 Å². The van der Waals surface area contributed by atoms with Gasteiger partial charge in [-0.05, 0) is 17.7 Å². The Labute approximate surface area is 120 Å². The van der Waals surface area contributed by atoms with Gasteiger partial charge >= 0.3 is 0 Å².